The molecule has 2 heterocycles. The van der Waals surface area contributed by atoms with Crippen LogP contribution < -0.4 is 0 Å². The summed E-state index contributed by atoms with van der Waals surface area (Å²) in [6.07, 6.45) is 2.55. The van der Waals surface area contributed by atoms with E-state index in [0.29, 0.717) is 23.3 Å². The van der Waals surface area contributed by atoms with Gasteiger partial charge < -0.3 is 14.3 Å². The van der Waals surface area contributed by atoms with Gasteiger partial charge in [-0.3, -0.25) is 9.59 Å². The van der Waals surface area contributed by atoms with E-state index in [1.54, 1.807) is 24.1 Å². The van der Waals surface area contributed by atoms with E-state index in [4.69, 9.17) is 16.1 Å². The summed E-state index contributed by atoms with van der Waals surface area (Å²) in [5, 5.41) is 4.71. The van der Waals surface area contributed by atoms with E-state index in [2.05, 4.69) is 10.1 Å². The number of carbonyl (C=O) groups excluding carboxylic acids is 2. The summed E-state index contributed by atoms with van der Waals surface area (Å²) in [5.41, 5.74) is 2.52. The molecule has 0 radical (unpaired) electrons. The molecule has 1 saturated heterocycles. The Morgan fingerprint density at radius 2 is 1.68 bits per heavy atom. The van der Waals surface area contributed by atoms with Gasteiger partial charge in [-0.05, 0) is 42.5 Å². The van der Waals surface area contributed by atoms with E-state index >= 15 is 0 Å². The quantitative estimate of drug-likeness (QED) is 0.306. The average Bonchev–Trinajstić information content (AvgIpc) is 3.45. The number of likely N-dealkylation sites (tertiary alicyclic amines) is 1. The van der Waals surface area contributed by atoms with Gasteiger partial charge in [0.15, 0.2) is 0 Å². The molecule has 3 aromatic carbocycles. The number of rotatable bonds is 7. The van der Waals surface area contributed by atoms with Crippen LogP contribution in [0, 0.1) is 0 Å². The summed E-state index contributed by atoms with van der Waals surface area (Å²) >= 11 is 6.12. The summed E-state index contributed by atoms with van der Waals surface area (Å²) in [6, 6.07) is 26.2. The van der Waals surface area contributed by atoms with Gasteiger partial charge >= 0.3 is 0 Å². The Balaban J connectivity index is 1.33. The topological polar surface area (TPSA) is 79.5 Å². The minimum absolute atomic E-state index is 0.0409. The Morgan fingerprint density at radius 3 is 2.34 bits per heavy atom. The zero-order valence-electron chi connectivity index (χ0n) is 21.2. The number of aromatic nitrogens is 2. The standard InChI is InChI=1S/C30H29ClN4O3/c1-34(30(37)27(21-11-4-2-5-12-21)22-13-6-3-7-14-22)20-26(36)35-18-9-8-17-25(35)29-32-28(33-38-29)23-15-10-16-24(31)19-23/h2-7,10-16,19,25,27H,8-9,17-18,20H2,1H3. The van der Waals surface area contributed by atoms with Gasteiger partial charge in [0, 0.05) is 24.2 Å². The highest BCUT2D eigenvalue weighted by atomic mass is 35.5. The van der Waals surface area contributed by atoms with E-state index < -0.39 is 5.92 Å². The van der Waals surface area contributed by atoms with Gasteiger partial charge in [-0.25, -0.2) is 0 Å². The van der Waals surface area contributed by atoms with Crippen LogP contribution in [0.3, 0.4) is 0 Å². The molecule has 2 amide bonds. The van der Waals surface area contributed by atoms with Crippen molar-refractivity contribution in [1.82, 2.24) is 19.9 Å². The van der Waals surface area contributed by atoms with E-state index in [0.717, 1.165) is 36.0 Å². The first-order valence-corrected chi connectivity index (χ1v) is 13.1. The Morgan fingerprint density at radius 1 is 1.00 bits per heavy atom. The van der Waals surface area contributed by atoms with E-state index in [1.165, 1.54) is 4.90 Å². The molecular formula is C30H29ClN4O3. The lowest BCUT2D eigenvalue weighted by Gasteiger charge is -2.35. The van der Waals surface area contributed by atoms with Crippen LogP contribution in [0.25, 0.3) is 11.4 Å². The minimum Gasteiger partial charge on any atom is -0.337 e. The fourth-order valence-electron chi connectivity index (χ4n) is 4.96. The summed E-state index contributed by atoms with van der Waals surface area (Å²) in [6.45, 7) is 0.530. The number of halogens is 1. The SMILES string of the molecule is CN(CC(=O)N1CCCCC1c1nc(-c2cccc(Cl)c2)no1)C(=O)C(c1ccccc1)c1ccccc1. The number of hydrogen-bond donors (Lipinski definition) is 0. The van der Waals surface area contributed by atoms with Crippen LogP contribution in [0.15, 0.2) is 89.5 Å². The van der Waals surface area contributed by atoms with Crippen LogP contribution >= 0.6 is 11.6 Å². The second kappa shape index (κ2) is 11.6. The first-order valence-electron chi connectivity index (χ1n) is 12.7. The molecule has 1 atom stereocenters. The molecule has 8 heteroatoms. The number of nitrogens with zero attached hydrogens (tertiary/aromatic N) is 4. The second-order valence-electron chi connectivity index (χ2n) is 9.51. The Kier molecular flexibility index (Phi) is 7.84. The molecule has 194 valence electrons. The second-order valence-corrected chi connectivity index (χ2v) is 9.95. The highest BCUT2D eigenvalue weighted by Crippen LogP contribution is 2.32. The van der Waals surface area contributed by atoms with Crippen LogP contribution in [-0.4, -0.2) is 51.9 Å². The minimum atomic E-state index is -0.497. The van der Waals surface area contributed by atoms with Crippen molar-refractivity contribution in [2.75, 3.05) is 20.1 Å². The lowest BCUT2D eigenvalue weighted by Crippen LogP contribution is -2.45. The van der Waals surface area contributed by atoms with Crippen molar-refractivity contribution in [3.05, 3.63) is 107 Å². The molecule has 1 fully saturated rings. The molecule has 1 aliphatic heterocycles. The fraction of sp³-hybridized carbons (Fsp3) is 0.267. The van der Waals surface area contributed by atoms with Gasteiger partial charge in [-0.15, -0.1) is 0 Å². The normalized spacial score (nSPS) is 15.4. The van der Waals surface area contributed by atoms with Gasteiger partial charge in [-0.2, -0.15) is 4.98 Å². The van der Waals surface area contributed by atoms with Gasteiger partial charge in [0.1, 0.15) is 6.04 Å². The molecule has 1 aromatic heterocycles. The predicted octanol–water partition coefficient (Wildman–Crippen LogP) is 5.73. The third-order valence-electron chi connectivity index (χ3n) is 6.89. The van der Waals surface area contributed by atoms with Crippen LogP contribution in [0.2, 0.25) is 5.02 Å². The molecule has 38 heavy (non-hydrogen) atoms. The predicted molar refractivity (Wildman–Crippen MR) is 145 cm³/mol. The van der Waals surface area contributed by atoms with Crippen molar-refractivity contribution in [3.63, 3.8) is 0 Å². The summed E-state index contributed by atoms with van der Waals surface area (Å²) in [7, 11) is 1.68. The molecule has 4 aromatic rings. The number of likely N-dealkylation sites (N-methyl/N-ethyl adjacent to an activating group) is 1. The molecule has 0 bridgehead atoms. The summed E-state index contributed by atoms with van der Waals surface area (Å²) < 4.78 is 5.61. The maximum atomic E-state index is 13.7. The smallest absolute Gasteiger partial charge is 0.249 e. The summed E-state index contributed by atoms with van der Waals surface area (Å²) in [4.78, 5) is 35.1. The number of hydrogen-bond acceptors (Lipinski definition) is 5. The molecule has 7 nitrogen and oxygen atoms in total. The molecule has 0 spiro atoms. The Hall–Kier alpha value is -3.97. The van der Waals surface area contributed by atoms with Crippen LogP contribution in [0.5, 0.6) is 0 Å². The largest absolute Gasteiger partial charge is 0.337 e. The monoisotopic (exact) mass is 528 g/mol. The van der Waals surface area contributed by atoms with Crippen LogP contribution in [-0.2, 0) is 9.59 Å². The molecule has 0 aliphatic carbocycles. The first-order chi connectivity index (χ1) is 18.5. The van der Waals surface area contributed by atoms with Gasteiger partial charge in [0.25, 0.3) is 0 Å². The molecule has 5 rings (SSSR count). The van der Waals surface area contributed by atoms with Crippen molar-refractivity contribution in [1.29, 1.82) is 0 Å². The van der Waals surface area contributed by atoms with Gasteiger partial charge in [0.2, 0.25) is 23.5 Å². The third-order valence-corrected chi connectivity index (χ3v) is 7.13. The lowest BCUT2D eigenvalue weighted by molar-refractivity contribution is -0.142. The highest BCUT2D eigenvalue weighted by molar-refractivity contribution is 6.30. The maximum Gasteiger partial charge on any atom is 0.249 e. The van der Waals surface area contributed by atoms with Crippen molar-refractivity contribution < 1.29 is 14.1 Å². The number of amides is 2. The van der Waals surface area contributed by atoms with E-state index in [9.17, 15) is 9.59 Å². The van der Waals surface area contributed by atoms with Crippen molar-refractivity contribution in [3.8, 4) is 11.4 Å². The average molecular weight is 529 g/mol. The molecule has 1 aliphatic rings. The van der Waals surface area contributed by atoms with Gasteiger partial charge in [-0.1, -0.05) is 89.6 Å². The zero-order chi connectivity index (χ0) is 26.5. The van der Waals surface area contributed by atoms with Crippen molar-refractivity contribution in [2.24, 2.45) is 0 Å². The van der Waals surface area contributed by atoms with Crippen molar-refractivity contribution in [2.45, 2.75) is 31.2 Å². The van der Waals surface area contributed by atoms with Crippen molar-refractivity contribution >= 4 is 23.4 Å². The first kappa shape index (κ1) is 25.7. The summed E-state index contributed by atoms with van der Waals surface area (Å²) in [5.74, 6) is 0.0524. The molecular weight excluding hydrogens is 500 g/mol. The van der Waals surface area contributed by atoms with Gasteiger partial charge in [0.05, 0.1) is 12.5 Å². The fourth-order valence-corrected chi connectivity index (χ4v) is 5.15. The maximum absolute atomic E-state index is 13.7. The number of carbonyl (C=O) groups is 2. The van der Waals surface area contributed by atoms with E-state index in [-0.39, 0.29) is 24.4 Å². The van der Waals surface area contributed by atoms with Crippen LogP contribution in [0.4, 0.5) is 0 Å². The number of benzene rings is 3. The Bertz CT molecular complexity index is 1350. The Labute approximate surface area is 227 Å². The zero-order valence-corrected chi connectivity index (χ0v) is 21.9. The van der Waals surface area contributed by atoms with Crippen LogP contribution in [0.1, 0.15) is 48.2 Å². The lowest BCUT2D eigenvalue weighted by atomic mass is 9.90. The number of piperidine rings is 1. The molecule has 0 N–H and O–H groups in total. The highest BCUT2D eigenvalue weighted by Gasteiger charge is 2.34. The molecule has 0 saturated carbocycles. The third kappa shape index (κ3) is 5.63. The van der Waals surface area contributed by atoms with E-state index in [1.807, 2.05) is 72.8 Å². The molecule has 1 unspecified atom stereocenters.